The van der Waals surface area contributed by atoms with E-state index in [0.29, 0.717) is 28.4 Å². The van der Waals surface area contributed by atoms with Gasteiger partial charge >= 0.3 is 0 Å². The first-order valence-electron chi connectivity index (χ1n) is 8.43. The maximum absolute atomic E-state index is 12.8. The number of aromatic nitrogens is 3. The van der Waals surface area contributed by atoms with Crippen LogP contribution >= 0.6 is 0 Å². The molecular formula is C18H19N3O4. The quantitative estimate of drug-likeness (QED) is 0.712. The third kappa shape index (κ3) is 2.85. The summed E-state index contributed by atoms with van der Waals surface area (Å²) in [6.07, 6.45) is 5.37. The Balaban J connectivity index is 1.86. The van der Waals surface area contributed by atoms with Gasteiger partial charge in [-0.15, -0.1) is 0 Å². The lowest BCUT2D eigenvalue weighted by Gasteiger charge is -2.12. The number of aliphatic hydroxyl groups excluding tert-OH is 1. The molecule has 1 aliphatic rings. The minimum Gasteiger partial charge on any atom is -0.395 e. The van der Waals surface area contributed by atoms with Crippen LogP contribution in [0.2, 0.25) is 0 Å². The van der Waals surface area contributed by atoms with Gasteiger partial charge in [0.1, 0.15) is 0 Å². The highest BCUT2D eigenvalue weighted by atomic mass is 16.5. The predicted octanol–water partition coefficient (Wildman–Crippen LogP) is 0.883. The van der Waals surface area contributed by atoms with Gasteiger partial charge in [-0.3, -0.25) is 9.59 Å². The van der Waals surface area contributed by atoms with Crippen molar-refractivity contribution in [1.82, 2.24) is 14.1 Å². The summed E-state index contributed by atoms with van der Waals surface area (Å²) in [4.78, 5) is 29.8. The molecule has 0 saturated carbocycles. The van der Waals surface area contributed by atoms with Crippen LogP contribution in [0.3, 0.4) is 0 Å². The molecule has 0 aliphatic carbocycles. The smallest absolute Gasteiger partial charge is 0.260 e. The second kappa shape index (κ2) is 6.42. The predicted molar refractivity (Wildman–Crippen MR) is 93.8 cm³/mol. The van der Waals surface area contributed by atoms with Crippen molar-refractivity contribution in [2.45, 2.75) is 32.0 Å². The Morgan fingerprint density at radius 3 is 2.44 bits per heavy atom. The molecule has 7 nitrogen and oxygen atoms in total. The van der Waals surface area contributed by atoms with Crippen molar-refractivity contribution in [3.05, 3.63) is 51.3 Å². The topological polar surface area (TPSA) is 86.4 Å². The highest BCUT2D eigenvalue weighted by Crippen LogP contribution is 2.16. The largest absolute Gasteiger partial charge is 0.395 e. The second-order valence-corrected chi connectivity index (χ2v) is 6.30. The Labute approximate surface area is 143 Å². The van der Waals surface area contributed by atoms with Gasteiger partial charge in [0.2, 0.25) is 0 Å². The van der Waals surface area contributed by atoms with Gasteiger partial charge in [-0.1, -0.05) is 0 Å². The Morgan fingerprint density at radius 1 is 1.12 bits per heavy atom. The van der Waals surface area contributed by atoms with E-state index < -0.39 is 0 Å². The Bertz CT molecular complexity index is 1050. The number of ether oxygens (including phenoxy) is 1. The van der Waals surface area contributed by atoms with E-state index in [2.05, 4.69) is 4.98 Å². The Hall–Kier alpha value is -2.51. The van der Waals surface area contributed by atoms with Gasteiger partial charge in [0.15, 0.2) is 0 Å². The van der Waals surface area contributed by atoms with Crippen LogP contribution in [0.1, 0.15) is 12.8 Å². The van der Waals surface area contributed by atoms with E-state index in [1.165, 1.54) is 4.57 Å². The fraction of sp³-hybridized carbons (Fsp3) is 0.389. The first-order chi connectivity index (χ1) is 12.2. The van der Waals surface area contributed by atoms with Crippen LogP contribution in [0.4, 0.5) is 0 Å². The number of fused-ring (bicyclic) bond motifs is 2. The van der Waals surface area contributed by atoms with Crippen LogP contribution < -0.4 is 11.1 Å². The molecule has 0 radical (unpaired) electrons. The number of hydrogen-bond acceptors (Lipinski definition) is 5. The summed E-state index contributed by atoms with van der Waals surface area (Å²) in [6.45, 7) is 1.34. The third-order valence-electron chi connectivity index (χ3n) is 4.65. The van der Waals surface area contributed by atoms with Crippen molar-refractivity contribution >= 4 is 21.8 Å². The highest BCUT2D eigenvalue weighted by Gasteiger charge is 2.17. The van der Waals surface area contributed by atoms with E-state index in [-0.39, 0.29) is 30.4 Å². The summed E-state index contributed by atoms with van der Waals surface area (Å²) >= 11 is 0. The molecule has 1 fully saturated rings. The lowest BCUT2D eigenvalue weighted by atomic mass is 10.2. The maximum atomic E-state index is 12.8. The summed E-state index contributed by atoms with van der Waals surface area (Å²) in [7, 11) is 0. The van der Waals surface area contributed by atoms with Gasteiger partial charge in [0.25, 0.3) is 11.1 Å². The van der Waals surface area contributed by atoms with E-state index in [4.69, 9.17) is 9.84 Å². The minimum absolute atomic E-state index is 0.0605. The fourth-order valence-electron chi connectivity index (χ4n) is 3.34. The van der Waals surface area contributed by atoms with Crippen LogP contribution in [-0.4, -0.2) is 38.5 Å². The van der Waals surface area contributed by atoms with Crippen LogP contribution in [-0.2, 0) is 17.8 Å². The third-order valence-corrected chi connectivity index (χ3v) is 4.65. The van der Waals surface area contributed by atoms with Gasteiger partial charge in [0, 0.05) is 25.5 Å². The maximum Gasteiger partial charge on any atom is 0.260 e. The average molecular weight is 341 g/mol. The number of hydrogen-bond donors (Lipinski definition) is 1. The van der Waals surface area contributed by atoms with Gasteiger partial charge in [-0.05, 0) is 31.0 Å². The van der Waals surface area contributed by atoms with E-state index in [0.717, 1.165) is 19.4 Å². The highest BCUT2D eigenvalue weighted by molar-refractivity contribution is 5.91. The molecule has 7 heteroatoms. The minimum atomic E-state index is -0.255. The summed E-state index contributed by atoms with van der Waals surface area (Å²) < 4.78 is 8.65. The molecule has 1 N–H and O–H groups in total. The number of rotatable bonds is 4. The summed E-state index contributed by atoms with van der Waals surface area (Å²) in [5.41, 5.74) is 0.692. The van der Waals surface area contributed by atoms with Gasteiger partial charge < -0.3 is 19.0 Å². The van der Waals surface area contributed by atoms with Crippen molar-refractivity contribution in [3.63, 3.8) is 0 Å². The zero-order valence-corrected chi connectivity index (χ0v) is 13.7. The van der Waals surface area contributed by atoms with Gasteiger partial charge in [-0.25, -0.2) is 4.98 Å². The number of nitrogens with zero attached hydrogens (tertiary/aromatic N) is 3. The van der Waals surface area contributed by atoms with Crippen molar-refractivity contribution in [2.24, 2.45) is 0 Å². The standard InChI is InChI=1S/C18H19N3O4/c22-8-7-20-5-3-15-13(17(20)23)10-14-16(19-15)4-6-21(18(14)24)11-12-2-1-9-25-12/h3-6,10,12,22H,1-2,7-9,11H2/t12-/m1/s1. The van der Waals surface area contributed by atoms with E-state index in [9.17, 15) is 9.59 Å². The molecular weight excluding hydrogens is 322 g/mol. The molecule has 3 aromatic rings. The average Bonchev–Trinajstić information content (AvgIpc) is 3.12. The normalized spacial score (nSPS) is 17.6. The fourth-order valence-corrected chi connectivity index (χ4v) is 3.34. The van der Waals surface area contributed by atoms with Crippen molar-refractivity contribution in [2.75, 3.05) is 13.2 Å². The Morgan fingerprint density at radius 2 is 1.80 bits per heavy atom. The molecule has 4 rings (SSSR count). The van der Waals surface area contributed by atoms with E-state index >= 15 is 0 Å². The second-order valence-electron chi connectivity index (χ2n) is 6.30. The molecule has 0 spiro atoms. The zero-order chi connectivity index (χ0) is 17.4. The van der Waals surface area contributed by atoms with E-state index in [1.54, 1.807) is 35.2 Å². The molecule has 1 atom stereocenters. The first kappa shape index (κ1) is 16.0. The summed E-state index contributed by atoms with van der Waals surface area (Å²) in [5, 5.41) is 9.87. The molecule has 25 heavy (non-hydrogen) atoms. The summed E-state index contributed by atoms with van der Waals surface area (Å²) in [5.74, 6) is 0. The molecule has 0 bridgehead atoms. The molecule has 1 saturated heterocycles. The lowest BCUT2D eigenvalue weighted by molar-refractivity contribution is 0.0963. The summed E-state index contributed by atoms with van der Waals surface area (Å²) in [6, 6.07) is 5.14. The van der Waals surface area contributed by atoms with Gasteiger partial charge in [0.05, 0.1) is 41.1 Å². The molecule has 130 valence electrons. The SMILES string of the molecule is O=c1c2cc3c(=O)n(C[C@H]4CCCO4)ccc3nc2ccn1CCO. The molecule has 0 aromatic carbocycles. The zero-order valence-electron chi connectivity index (χ0n) is 13.7. The van der Waals surface area contributed by atoms with Gasteiger partial charge in [-0.2, -0.15) is 0 Å². The number of pyridine rings is 3. The van der Waals surface area contributed by atoms with Crippen LogP contribution in [0, 0.1) is 0 Å². The molecule has 3 aromatic heterocycles. The molecule has 4 heterocycles. The van der Waals surface area contributed by atoms with Crippen molar-refractivity contribution < 1.29 is 9.84 Å². The molecule has 0 unspecified atom stereocenters. The monoisotopic (exact) mass is 341 g/mol. The number of aliphatic hydroxyl groups is 1. The van der Waals surface area contributed by atoms with Crippen LogP contribution in [0.15, 0.2) is 40.2 Å². The molecule has 1 aliphatic heterocycles. The van der Waals surface area contributed by atoms with Crippen molar-refractivity contribution in [3.8, 4) is 0 Å². The van der Waals surface area contributed by atoms with Crippen LogP contribution in [0.5, 0.6) is 0 Å². The Kier molecular flexibility index (Phi) is 4.10. The first-order valence-corrected chi connectivity index (χ1v) is 8.43. The van der Waals surface area contributed by atoms with Crippen LogP contribution in [0.25, 0.3) is 21.8 Å². The van der Waals surface area contributed by atoms with E-state index in [1.807, 2.05) is 0 Å². The lowest BCUT2D eigenvalue weighted by Crippen LogP contribution is -2.26. The molecule has 0 amide bonds. The van der Waals surface area contributed by atoms with Crippen molar-refractivity contribution in [1.29, 1.82) is 0 Å².